The van der Waals surface area contributed by atoms with Crippen LogP contribution in [0, 0.1) is 0 Å². The molecule has 0 aromatic carbocycles. The second kappa shape index (κ2) is 6.33. The van der Waals surface area contributed by atoms with Gasteiger partial charge in [0.2, 0.25) is 5.88 Å². The Labute approximate surface area is 112 Å². The summed E-state index contributed by atoms with van der Waals surface area (Å²) in [4.78, 5) is 8.42. The van der Waals surface area contributed by atoms with Gasteiger partial charge in [-0.1, -0.05) is 26.0 Å². The smallest absolute Gasteiger partial charge is 0.241 e. The molecule has 0 aliphatic carbocycles. The van der Waals surface area contributed by atoms with E-state index in [1.54, 1.807) is 13.2 Å². The fraction of sp³-hybridized carbons (Fsp3) is 0.429. The molecule has 0 radical (unpaired) electrons. The van der Waals surface area contributed by atoms with Gasteiger partial charge in [-0.15, -0.1) is 0 Å². The molecule has 0 aliphatic heterocycles. The number of hydrogen-bond donors (Lipinski definition) is 0. The van der Waals surface area contributed by atoms with Gasteiger partial charge in [-0.25, -0.2) is 4.98 Å². The van der Waals surface area contributed by atoms with E-state index in [2.05, 4.69) is 23.5 Å². The number of aromatic nitrogens is 3. The van der Waals surface area contributed by atoms with Gasteiger partial charge < -0.3 is 14.0 Å². The number of hydrogen-bond acceptors (Lipinski definition) is 4. The molecule has 2 aromatic rings. The minimum atomic E-state index is 0.466. The van der Waals surface area contributed by atoms with Gasteiger partial charge >= 0.3 is 0 Å². The monoisotopic (exact) mass is 261 g/mol. The molecule has 0 aliphatic rings. The third-order valence-electron chi connectivity index (χ3n) is 2.93. The first-order valence-corrected chi connectivity index (χ1v) is 6.39. The molecule has 2 heterocycles. The predicted molar refractivity (Wildman–Crippen MR) is 75.0 cm³/mol. The van der Waals surface area contributed by atoms with Crippen LogP contribution in [0.3, 0.4) is 0 Å². The summed E-state index contributed by atoms with van der Waals surface area (Å²) < 4.78 is 12.9. The highest BCUT2D eigenvalue weighted by molar-refractivity contribution is 5.88. The Bertz CT molecular complexity index is 563. The van der Waals surface area contributed by atoms with Crippen molar-refractivity contribution in [3.8, 4) is 5.88 Å². The number of fused-ring (bicyclic) bond motifs is 1. The molecule has 0 saturated carbocycles. The van der Waals surface area contributed by atoms with Gasteiger partial charge in [0.1, 0.15) is 24.1 Å². The highest BCUT2D eigenvalue weighted by Crippen LogP contribution is 2.26. The van der Waals surface area contributed by atoms with E-state index in [-0.39, 0.29) is 0 Å². The molecule has 2 rings (SSSR count). The summed E-state index contributed by atoms with van der Waals surface area (Å²) in [5.74, 6) is 0.553. The van der Waals surface area contributed by atoms with Crippen LogP contribution in [0.1, 0.15) is 25.3 Å². The van der Waals surface area contributed by atoms with Crippen molar-refractivity contribution in [2.75, 3.05) is 13.7 Å². The summed E-state index contributed by atoms with van der Waals surface area (Å²) in [5.41, 5.74) is 2.63. The lowest BCUT2D eigenvalue weighted by atomic mass is 10.3. The van der Waals surface area contributed by atoms with Crippen LogP contribution < -0.4 is 4.74 Å². The van der Waals surface area contributed by atoms with Crippen LogP contribution in [0.2, 0.25) is 0 Å². The molecule has 0 fully saturated rings. The third kappa shape index (κ3) is 2.76. The lowest BCUT2D eigenvalue weighted by Gasteiger charge is -2.08. The third-order valence-corrected chi connectivity index (χ3v) is 2.93. The first-order valence-electron chi connectivity index (χ1n) is 6.39. The molecule has 0 amide bonds. The Kier molecular flexibility index (Phi) is 4.52. The minimum absolute atomic E-state index is 0.466. The molecule has 0 saturated heterocycles. The van der Waals surface area contributed by atoms with E-state index in [4.69, 9.17) is 9.47 Å². The first kappa shape index (κ1) is 13.5. The summed E-state index contributed by atoms with van der Waals surface area (Å²) in [6, 6.07) is 0. The van der Waals surface area contributed by atoms with Crippen molar-refractivity contribution in [1.82, 2.24) is 14.5 Å². The number of rotatable bonds is 7. The average Bonchev–Trinajstić information content (AvgIpc) is 2.82. The van der Waals surface area contributed by atoms with E-state index in [1.807, 2.05) is 10.8 Å². The fourth-order valence-electron chi connectivity index (χ4n) is 1.94. The number of unbranched alkanes of at least 4 members (excludes halogenated alkanes) is 1. The Morgan fingerprint density at radius 1 is 1.42 bits per heavy atom. The Hall–Kier alpha value is -1.88. The zero-order valence-electron chi connectivity index (χ0n) is 11.4. The summed E-state index contributed by atoms with van der Waals surface area (Å²) >= 11 is 0. The SMILES string of the molecule is C=Cc1cn(COCCCC)c2c(OC)ncnc12. The van der Waals surface area contributed by atoms with Crippen LogP contribution in [-0.4, -0.2) is 28.3 Å². The molecular formula is C14H19N3O2. The van der Waals surface area contributed by atoms with Crippen molar-refractivity contribution < 1.29 is 9.47 Å². The quantitative estimate of drug-likeness (QED) is 0.719. The molecule has 0 atom stereocenters. The van der Waals surface area contributed by atoms with Gasteiger partial charge in [-0.05, 0) is 6.42 Å². The maximum Gasteiger partial charge on any atom is 0.241 e. The van der Waals surface area contributed by atoms with E-state index in [1.165, 1.54) is 6.33 Å². The molecule has 0 N–H and O–H groups in total. The zero-order valence-corrected chi connectivity index (χ0v) is 11.4. The van der Waals surface area contributed by atoms with Crippen molar-refractivity contribution in [2.24, 2.45) is 0 Å². The van der Waals surface area contributed by atoms with Gasteiger partial charge in [-0.2, -0.15) is 4.98 Å². The van der Waals surface area contributed by atoms with Crippen LogP contribution in [-0.2, 0) is 11.5 Å². The zero-order chi connectivity index (χ0) is 13.7. The molecule has 0 unspecified atom stereocenters. The van der Waals surface area contributed by atoms with Gasteiger partial charge in [0, 0.05) is 18.4 Å². The molecule has 0 spiro atoms. The molecular weight excluding hydrogens is 242 g/mol. The molecule has 2 aromatic heterocycles. The maximum atomic E-state index is 5.64. The van der Waals surface area contributed by atoms with Crippen LogP contribution in [0.15, 0.2) is 19.1 Å². The van der Waals surface area contributed by atoms with Crippen LogP contribution >= 0.6 is 0 Å². The largest absolute Gasteiger partial charge is 0.479 e. The highest BCUT2D eigenvalue weighted by atomic mass is 16.5. The van der Waals surface area contributed by atoms with Crippen molar-refractivity contribution in [3.63, 3.8) is 0 Å². The van der Waals surface area contributed by atoms with E-state index < -0.39 is 0 Å². The van der Waals surface area contributed by atoms with E-state index in [0.717, 1.165) is 36.0 Å². The number of ether oxygens (including phenoxy) is 2. The lowest BCUT2D eigenvalue weighted by molar-refractivity contribution is 0.0774. The van der Waals surface area contributed by atoms with Gasteiger partial charge in [-0.3, -0.25) is 0 Å². The maximum absolute atomic E-state index is 5.64. The predicted octanol–water partition coefficient (Wildman–Crippen LogP) is 2.86. The van der Waals surface area contributed by atoms with Crippen molar-refractivity contribution in [3.05, 3.63) is 24.7 Å². The van der Waals surface area contributed by atoms with Crippen LogP contribution in [0.25, 0.3) is 17.1 Å². The van der Waals surface area contributed by atoms with Crippen LogP contribution in [0.5, 0.6) is 5.88 Å². The van der Waals surface area contributed by atoms with E-state index in [0.29, 0.717) is 12.6 Å². The molecule has 102 valence electrons. The highest BCUT2D eigenvalue weighted by Gasteiger charge is 2.13. The standard InChI is InChI=1S/C14H19N3O2/c1-4-6-7-19-10-17-8-11(5-2)12-13(17)14(18-3)16-9-15-12/h5,8-9H,2,4,6-7,10H2,1,3H3. The van der Waals surface area contributed by atoms with Crippen molar-refractivity contribution in [2.45, 2.75) is 26.5 Å². The lowest BCUT2D eigenvalue weighted by Crippen LogP contribution is -2.04. The molecule has 5 heteroatoms. The second-order valence-electron chi connectivity index (χ2n) is 4.23. The Morgan fingerprint density at radius 3 is 2.95 bits per heavy atom. The Balaban J connectivity index is 2.33. The fourth-order valence-corrected chi connectivity index (χ4v) is 1.94. The normalized spacial score (nSPS) is 10.8. The first-order chi connectivity index (χ1) is 9.31. The van der Waals surface area contributed by atoms with Gasteiger partial charge in [0.05, 0.1) is 7.11 Å². The minimum Gasteiger partial charge on any atom is -0.479 e. The number of methoxy groups -OCH3 is 1. The average molecular weight is 261 g/mol. The molecule has 0 bridgehead atoms. The van der Waals surface area contributed by atoms with Crippen molar-refractivity contribution >= 4 is 17.1 Å². The summed E-state index contributed by atoms with van der Waals surface area (Å²) in [6.45, 7) is 7.16. The van der Waals surface area contributed by atoms with E-state index in [9.17, 15) is 0 Å². The van der Waals surface area contributed by atoms with Gasteiger partial charge in [0.25, 0.3) is 0 Å². The summed E-state index contributed by atoms with van der Waals surface area (Å²) in [7, 11) is 1.60. The van der Waals surface area contributed by atoms with Crippen LogP contribution in [0.4, 0.5) is 0 Å². The molecule has 5 nitrogen and oxygen atoms in total. The Morgan fingerprint density at radius 2 is 2.26 bits per heavy atom. The van der Waals surface area contributed by atoms with Gasteiger partial charge in [0.15, 0.2) is 0 Å². The summed E-state index contributed by atoms with van der Waals surface area (Å²) in [5, 5.41) is 0. The number of nitrogens with zero attached hydrogens (tertiary/aromatic N) is 3. The topological polar surface area (TPSA) is 49.2 Å². The van der Waals surface area contributed by atoms with Crippen molar-refractivity contribution in [1.29, 1.82) is 0 Å². The second-order valence-corrected chi connectivity index (χ2v) is 4.23. The van der Waals surface area contributed by atoms with E-state index >= 15 is 0 Å². The summed E-state index contributed by atoms with van der Waals surface area (Å²) in [6.07, 6.45) is 7.41. The molecule has 19 heavy (non-hydrogen) atoms.